The first-order valence-electron chi connectivity index (χ1n) is 9.67. The minimum atomic E-state index is -0.651. The second-order valence-corrected chi connectivity index (χ2v) is 7.04. The van der Waals surface area contributed by atoms with Gasteiger partial charge in [0.15, 0.2) is 5.65 Å². The number of hydrogen-bond donors (Lipinski definition) is 2. The molecule has 0 spiro atoms. The molecule has 2 aromatic carbocycles. The molecule has 1 amide bonds. The standard InChI is InChI=1S/C22H16FN7O2/c1-13-11-18(25-20(31)15-9-5-6-10-17(15)23)30(28-13)22-26-19-16(21(32)27-22)12-24-29(19)14-7-3-2-4-8-14/h2-12H,1H3,(H,25,31)(H,26,27,32). The van der Waals surface area contributed by atoms with E-state index in [9.17, 15) is 14.0 Å². The predicted molar refractivity (Wildman–Crippen MR) is 116 cm³/mol. The van der Waals surface area contributed by atoms with Gasteiger partial charge in [0.25, 0.3) is 11.5 Å². The molecule has 32 heavy (non-hydrogen) atoms. The van der Waals surface area contributed by atoms with Crippen molar-refractivity contribution in [3.05, 3.63) is 94.3 Å². The van der Waals surface area contributed by atoms with Crippen LogP contribution >= 0.6 is 0 Å². The van der Waals surface area contributed by atoms with Crippen LogP contribution in [0.15, 0.2) is 71.7 Å². The molecule has 0 saturated heterocycles. The summed E-state index contributed by atoms with van der Waals surface area (Å²) in [6.45, 7) is 1.72. The number of amides is 1. The average molecular weight is 429 g/mol. The quantitative estimate of drug-likeness (QED) is 0.456. The number of nitrogens with zero attached hydrogens (tertiary/aromatic N) is 5. The Balaban J connectivity index is 1.60. The Labute approximate surface area is 180 Å². The van der Waals surface area contributed by atoms with E-state index < -0.39 is 17.3 Å². The molecule has 0 aliphatic heterocycles. The van der Waals surface area contributed by atoms with Crippen LogP contribution in [0.25, 0.3) is 22.7 Å². The minimum absolute atomic E-state index is 0.0807. The fraction of sp³-hybridized carbons (Fsp3) is 0.0455. The Kier molecular flexibility index (Phi) is 4.59. The number of carbonyl (C=O) groups excluding carboxylic acids is 1. The van der Waals surface area contributed by atoms with E-state index in [1.54, 1.807) is 23.7 Å². The van der Waals surface area contributed by atoms with Crippen molar-refractivity contribution in [3.8, 4) is 11.6 Å². The van der Waals surface area contributed by atoms with E-state index in [2.05, 4.69) is 25.5 Å². The van der Waals surface area contributed by atoms with Crippen LogP contribution in [0.4, 0.5) is 10.2 Å². The minimum Gasteiger partial charge on any atom is -0.306 e. The summed E-state index contributed by atoms with van der Waals surface area (Å²) in [7, 11) is 0. The van der Waals surface area contributed by atoms with Crippen LogP contribution in [0.1, 0.15) is 16.1 Å². The van der Waals surface area contributed by atoms with Gasteiger partial charge in [-0.3, -0.25) is 14.6 Å². The lowest BCUT2D eigenvalue weighted by molar-refractivity contribution is 0.102. The lowest BCUT2D eigenvalue weighted by Gasteiger charge is -2.09. The number of H-pyrrole nitrogens is 1. The summed E-state index contributed by atoms with van der Waals surface area (Å²) in [6.07, 6.45) is 1.44. The first kappa shape index (κ1) is 19.4. The molecule has 0 radical (unpaired) electrons. The maximum absolute atomic E-state index is 14.0. The Bertz CT molecular complexity index is 1520. The van der Waals surface area contributed by atoms with Crippen LogP contribution < -0.4 is 10.9 Å². The molecule has 2 N–H and O–H groups in total. The molecule has 0 fully saturated rings. The number of rotatable bonds is 4. The smallest absolute Gasteiger partial charge is 0.263 e. The van der Waals surface area contributed by atoms with Gasteiger partial charge in [0.2, 0.25) is 5.95 Å². The average Bonchev–Trinajstić information content (AvgIpc) is 3.38. The predicted octanol–water partition coefficient (Wildman–Crippen LogP) is 2.99. The Morgan fingerprint density at radius 3 is 2.59 bits per heavy atom. The molecule has 0 saturated carbocycles. The highest BCUT2D eigenvalue weighted by atomic mass is 19.1. The van der Waals surface area contributed by atoms with E-state index in [4.69, 9.17) is 0 Å². The van der Waals surface area contributed by atoms with Gasteiger partial charge in [-0.15, -0.1) is 0 Å². The summed E-state index contributed by atoms with van der Waals surface area (Å²) in [4.78, 5) is 32.5. The number of para-hydroxylation sites is 1. The highest BCUT2D eigenvalue weighted by molar-refractivity contribution is 6.04. The normalized spacial score (nSPS) is 11.1. The molecule has 10 heteroatoms. The molecule has 0 aliphatic rings. The van der Waals surface area contributed by atoms with Crippen LogP contribution in [0.3, 0.4) is 0 Å². The van der Waals surface area contributed by atoms with E-state index in [1.165, 1.54) is 29.1 Å². The molecular formula is C22H16FN7O2. The number of nitrogens with one attached hydrogen (secondary N) is 2. The molecule has 5 rings (SSSR count). The molecule has 3 heterocycles. The van der Waals surface area contributed by atoms with Crippen molar-refractivity contribution in [3.63, 3.8) is 0 Å². The van der Waals surface area contributed by atoms with E-state index >= 15 is 0 Å². The Morgan fingerprint density at radius 2 is 1.81 bits per heavy atom. The SMILES string of the molecule is Cc1cc(NC(=O)c2ccccc2F)n(-c2nc3c(cnn3-c3ccccc3)c(=O)[nH]2)n1. The van der Waals surface area contributed by atoms with Crippen molar-refractivity contribution < 1.29 is 9.18 Å². The number of anilines is 1. The molecule has 0 bridgehead atoms. The number of aryl methyl sites for hydroxylation is 1. The molecule has 0 unspecified atom stereocenters. The zero-order chi connectivity index (χ0) is 22.2. The van der Waals surface area contributed by atoms with Crippen molar-refractivity contribution >= 4 is 22.8 Å². The molecular weight excluding hydrogens is 413 g/mol. The highest BCUT2D eigenvalue weighted by Crippen LogP contribution is 2.19. The van der Waals surface area contributed by atoms with Crippen LogP contribution in [0.5, 0.6) is 0 Å². The number of aromatic nitrogens is 6. The number of halogens is 1. The van der Waals surface area contributed by atoms with Crippen molar-refractivity contribution in [1.29, 1.82) is 0 Å². The van der Waals surface area contributed by atoms with Crippen molar-refractivity contribution in [2.75, 3.05) is 5.32 Å². The maximum Gasteiger partial charge on any atom is 0.263 e. The van der Waals surface area contributed by atoms with Gasteiger partial charge < -0.3 is 5.32 Å². The summed E-state index contributed by atoms with van der Waals surface area (Å²) in [5.41, 5.74) is 1.10. The topological polar surface area (TPSA) is 110 Å². The molecule has 5 aromatic rings. The summed E-state index contributed by atoms with van der Waals surface area (Å²) in [6, 6.07) is 16.5. The number of fused-ring (bicyclic) bond motifs is 1. The Morgan fingerprint density at radius 1 is 1.06 bits per heavy atom. The second-order valence-electron chi connectivity index (χ2n) is 7.04. The van der Waals surface area contributed by atoms with E-state index in [1.807, 2.05) is 30.3 Å². The van der Waals surface area contributed by atoms with Crippen LogP contribution in [0, 0.1) is 12.7 Å². The summed E-state index contributed by atoms with van der Waals surface area (Å²) in [5, 5.41) is 11.5. The van der Waals surface area contributed by atoms with E-state index in [0.717, 1.165) is 5.69 Å². The van der Waals surface area contributed by atoms with Gasteiger partial charge in [0, 0.05) is 6.07 Å². The molecule has 0 aliphatic carbocycles. The fourth-order valence-electron chi connectivity index (χ4n) is 3.34. The van der Waals surface area contributed by atoms with Gasteiger partial charge >= 0.3 is 0 Å². The van der Waals surface area contributed by atoms with E-state index in [0.29, 0.717) is 16.7 Å². The van der Waals surface area contributed by atoms with Crippen molar-refractivity contribution in [2.45, 2.75) is 6.92 Å². The first-order chi connectivity index (χ1) is 15.5. The Hall–Kier alpha value is -4.60. The van der Waals surface area contributed by atoms with E-state index in [-0.39, 0.29) is 17.3 Å². The lowest BCUT2D eigenvalue weighted by atomic mass is 10.2. The zero-order valence-electron chi connectivity index (χ0n) is 16.8. The van der Waals surface area contributed by atoms with Gasteiger partial charge in [-0.1, -0.05) is 30.3 Å². The van der Waals surface area contributed by atoms with Crippen LogP contribution in [0.2, 0.25) is 0 Å². The van der Waals surface area contributed by atoms with Gasteiger partial charge in [0.1, 0.15) is 17.0 Å². The molecule has 158 valence electrons. The third-order valence-electron chi connectivity index (χ3n) is 4.82. The fourth-order valence-corrected chi connectivity index (χ4v) is 3.34. The largest absolute Gasteiger partial charge is 0.306 e. The number of hydrogen-bond acceptors (Lipinski definition) is 5. The lowest BCUT2D eigenvalue weighted by Crippen LogP contribution is -2.19. The summed E-state index contributed by atoms with van der Waals surface area (Å²) >= 11 is 0. The second kappa shape index (κ2) is 7.58. The maximum atomic E-state index is 14.0. The van der Waals surface area contributed by atoms with Gasteiger partial charge in [-0.25, -0.2) is 9.07 Å². The van der Waals surface area contributed by atoms with Gasteiger partial charge in [-0.2, -0.15) is 19.9 Å². The summed E-state index contributed by atoms with van der Waals surface area (Å²) < 4.78 is 16.8. The third-order valence-corrected chi connectivity index (χ3v) is 4.82. The summed E-state index contributed by atoms with van der Waals surface area (Å²) in [5.74, 6) is -0.990. The highest BCUT2D eigenvalue weighted by Gasteiger charge is 2.18. The molecule has 3 aromatic heterocycles. The van der Waals surface area contributed by atoms with Gasteiger partial charge in [0.05, 0.1) is 23.1 Å². The number of benzene rings is 2. The van der Waals surface area contributed by atoms with Crippen LogP contribution in [-0.4, -0.2) is 35.4 Å². The molecule has 0 atom stereocenters. The number of aromatic amines is 1. The van der Waals surface area contributed by atoms with Crippen molar-refractivity contribution in [1.82, 2.24) is 29.5 Å². The zero-order valence-corrected chi connectivity index (χ0v) is 16.8. The monoisotopic (exact) mass is 429 g/mol. The van der Waals surface area contributed by atoms with Gasteiger partial charge in [-0.05, 0) is 31.2 Å². The van der Waals surface area contributed by atoms with Crippen LogP contribution in [-0.2, 0) is 0 Å². The first-order valence-corrected chi connectivity index (χ1v) is 9.67. The number of carbonyl (C=O) groups is 1. The third kappa shape index (κ3) is 3.33. The molecule has 9 nitrogen and oxygen atoms in total. The van der Waals surface area contributed by atoms with Crippen molar-refractivity contribution in [2.24, 2.45) is 0 Å².